The van der Waals surface area contributed by atoms with Crippen molar-refractivity contribution in [2.24, 2.45) is 5.73 Å². The summed E-state index contributed by atoms with van der Waals surface area (Å²) in [6, 6.07) is 0. The number of anilines is 2. The smallest absolute Gasteiger partial charge is 0.325 e. The molecule has 2 aliphatic rings. The maximum Gasteiger partial charge on any atom is 0.325 e. The number of aromatic nitrogens is 4. The highest BCUT2D eigenvalue weighted by Crippen LogP contribution is 2.53. The van der Waals surface area contributed by atoms with Crippen molar-refractivity contribution >= 4 is 41.5 Å². The monoisotopic (exact) mass is 403 g/mol. The van der Waals surface area contributed by atoms with Crippen molar-refractivity contribution in [2.45, 2.75) is 24.5 Å². The van der Waals surface area contributed by atoms with Crippen molar-refractivity contribution in [2.75, 3.05) is 30.7 Å². The van der Waals surface area contributed by atoms with Crippen LogP contribution in [0.2, 0.25) is 0 Å². The molecule has 0 saturated carbocycles. The van der Waals surface area contributed by atoms with Gasteiger partial charge in [-0.1, -0.05) is 0 Å². The second kappa shape index (κ2) is 6.62. The molecule has 4 rings (SSSR count). The summed E-state index contributed by atoms with van der Waals surface area (Å²) in [6.07, 6.45) is -2.17. The van der Waals surface area contributed by atoms with Gasteiger partial charge in [0.05, 0.1) is 6.61 Å². The first kappa shape index (κ1) is 17.9. The summed E-state index contributed by atoms with van der Waals surface area (Å²) < 4.78 is 17.9. The van der Waals surface area contributed by atoms with Crippen LogP contribution in [-0.4, -0.2) is 67.5 Å². The number of nitrogens with zero attached hydrogens (tertiary/aromatic N) is 4. The molecule has 0 aromatic carbocycles. The third kappa shape index (κ3) is 2.96. The van der Waals surface area contributed by atoms with Crippen LogP contribution in [0.3, 0.4) is 0 Å². The summed E-state index contributed by atoms with van der Waals surface area (Å²) >= 11 is 4.86. The van der Waals surface area contributed by atoms with E-state index in [1.807, 2.05) is 0 Å². The van der Waals surface area contributed by atoms with E-state index in [2.05, 4.69) is 20.3 Å². The lowest BCUT2D eigenvalue weighted by Crippen LogP contribution is -2.39. The minimum absolute atomic E-state index is 0.0152. The van der Waals surface area contributed by atoms with E-state index in [-0.39, 0.29) is 12.4 Å². The van der Waals surface area contributed by atoms with Crippen LogP contribution >= 0.6 is 6.72 Å². The number of nitrogens with two attached hydrogens (primary N) is 2. The Morgan fingerprint density at radius 1 is 1.46 bits per heavy atom. The number of ether oxygens (including phenoxy) is 1. The second-order valence-corrected chi connectivity index (χ2v) is 8.63. The van der Waals surface area contributed by atoms with E-state index < -0.39 is 31.3 Å². The van der Waals surface area contributed by atoms with Crippen molar-refractivity contribution in [1.82, 2.24) is 19.5 Å². The highest BCUT2D eigenvalue weighted by molar-refractivity contribution is 8.07. The molecule has 2 fully saturated rings. The molecule has 26 heavy (non-hydrogen) atoms. The first-order valence-electron chi connectivity index (χ1n) is 7.83. The van der Waals surface area contributed by atoms with Crippen LogP contribution in [0.15, 0.2) is 6.33 Å². The Labute approximate surface area is 152 Å². The number of hydrogen-bond acceptors (Lipinski definition) is 11. The van der Waals surface area contributed by atoms with Crippen molar-refractivity contribution < 1.29 is 23.8 Å². The van der Waals surface area contributed by atoms with Gasteiger partial charge in [0.15, 0.2) is 23.2 Å². The number of rotatable bonds is 4. The second-order valence-electron chi connectivity index (χ2n) is 5.84. The van der Waals surface area contributed by atoms with Crippen molar-refractivity contribution in [3.05, 3.63) is 6.33 Å². The Hall–Kier alpha value is -1.44. The van der Waals surface area contributed by atoms with E-state index in [9.17, 15) is 10.00 Å². The lowest BCUT2D eigenvalue weighted by Gasteiger charge is -2.30. The van der Waals surface area contributed by atoms with Crippen molar-refractivity contribution in [1.29, 1.82) is 0 Å². The minimum atomic E-state index is -3.39. The van der Waals surface area contributed by atoms with E-state index in [1.165, 1.54) is 6.33 Å². The zero-order chi connectivity index (χ0) is 18.5. The van der Waals surface area contributed by atoms with Gasteiger partial charge in [-0.15, -0.1) is 0 Å². The fourth-order valence-corrected chi connectivity index (χ4v) is 4.47. The van der Waals surface area contributed by atoms with Gasteiger partial charge in [-0.2, -0.15) is 0 Å². The quantitative estimate of drug-likeness (QED) is 0.381. The van der Waals surface area contributed by atoms with Crippen LogP contribution in [0.5, 0.6) is 0 Å². The van der Waals surface area contributed by atoms with Gasteiger partial charge in [0.2, 0.25) is 5.95 Å². The maximum atomic E-state index is 10.7. The zero-order valence-corrected chi connectivity index (χ0v) is 15.1. The van der Waals surface area contributed by atoms with Crippen LogP contribution in [0.1, 0.15) is 6.23 Å². The largest absolute Gasteiger partial charge is 0.386 e. The summed E-state index contributed by atoms with van der Waals surface area (Å²) in [5.41, 5.74) is 12.2. The highest BCUT2D eigenvalue weighted by atomic mass is 32.5. The molecule has 0 amide bonds. The number of nitrogen functional groups attached to an aromatic ring is 1. The van der Waals surface area contributed by atoms with Gasteiger partial charge in [0.25, 0.3) is 0 Å². The van der Waals surface area contributed by atoms with Gasteiger partial charge in [0, 0.05) is 13.1 Å². The Morgan fingerprint density at radius 3 is 3.04 bits per heavy atom. The summed E-state index contributed by atoms with van der Waals surface area (Å²) in [4.78, 5) is 22.4. The van der Waals surface area contributed by atoms with Crippen molar-refractivity contribution in [3.63, 3.8) is 0 Å². The molecule has 12 nitrogen and oxygen atoms in total. The third-order valence-corrected chi connectivity index (χ3v) is 5.71. The zero-order valence-electron chi connectivity index (χ0n) is 13.4. The lowest BCUT2D eigenvalue weighted by atomic mass is 10.1. The SMILES string of the molecule is NCCNc1nc2c(N)ncnc2n1[C@@H]1O[C@@H]2COP(O)(=S)O[C@H]2[C@H]1O. The minimum Gasteiger partial charge on any atom is -0.386 e. The van der Waals surface area contributed by atoms with E-state index in [0.29, 0.717) is 30.2 Å². The van der Waals surface area contributed by atoms with Crippen LogP contribution in [-0.2, 0) is 25.6 Å². The number of aliphatic hydroxyl groups is 1. The van der Waals surface area contributed by atoms with Crippen LogP contribution in [0, 0.1) is 0 Å². The lowest BCUT2D eigenvalue weighted by molar-refractivity contribution is -0.0586. The maximum absolute atomic E-state index is 10.7. The molecule has 5 atom stereocenters. The first-order valence-corrected chi connectivity index (χ1v) is 10.4. The molecule has 142 valence electrons. The van der Waals surface area contributed by atoms with E-state index in [0.717, 1.165) is 0 Å². The molecule has 2 aromatic heterocycles. The van der Waals surface area contributed by atoms with Gasteiger partial charge in [-0.05, 0) is 11.8 Å². The molecule has 2 saturated heterocycles. The molecular weight excluding hydrogens is 385 g/mol. The first-order chi connectivity index (χ1) is 12.4. The van der Waals surface area contributed by atoms with Gasteiger partial charge in [0.1, 0.15) is 24.6 Å². The predicted molar refractivity (Wildman–Crippen MR) is 94.5 cm³/mol. The molecule has 0 radical (unpaired) electrons. The number of hydrogen-bond donors (Lipinski definition) is 5. The molecule has 14 heteroatoms. The Kier molecular flexibility index (Phi) is 4.57. The van der Waals surface area contributed by atoms with Gasteiger partial charge in [-0.3, -0.25) is 9.09 Å². The van der Waals surface area contributed by atoms with E-state index in [1.54, 1.807) is 4.57 Å². The Bertz CT molecular complexity index is 881. The number of imidazole rings is 1. The van der Waals surface area contributed by atoms with E-state index in [4.69, 9.17) is 37.1 Å². The molecule has 2 aromatic rings. The van der Waals surface area contributed by atoms with Gasteiger partial charge in [-0.25, -0.2) is 15.0 Å². The number of nitrogens with one attached hydrogen (secondary N) is 1. The van der Waals surface area contributed by atoms with Crippen molar-refractivity contribution in [3.8, 4) is 0 Å². The average Bonchev–Trinajstić information content (AvgIpc) is 3.11. The predicted octanol–water partition coefficient (Wildman–Crippen LogP) is -1.33. The molecule has 4 heterocycles. The molecule has 0 aliphatic carbocycles. The van der Waals surface area contributed by atoms with Crippen LogP contribution in [0.4, 0.5) is 11.8 Å². The molecule has 1 unspecified atom stereocenters. The Morgan fingerprint density at radius 2 is 2.27 bits per heavy atom. The molecule has 7 N–H and O–H groups in total. The van der Waals surface area contributed by atoms with Gasteiger partial charge < -0.3 is 36.0 Å². The summed E-state index contributed by atoms with van der Waals surface area (Å²) in [5.74, 6) is 0.560. The average molecular weight is 403 g/mol. The van der Waals surface area contributed by atoms with E-state index >= 15 is 0 Å². The summed E-state index contributed by atoms with van der Waals surface area (Å²) in [7, 11) is 0. The molecule has 0 bridgehead atoms. The summed E-state index contributed by atoms with van der Waals surface area (Å²) in [5, 5.41) is 13.8. The molecular formula is C12H18N7O5PS. The highest BCUT2D eigenvalue weighted by Gasteiger charge is 2.51. The number of aliphatic hydroxyl groups excluding tert-OH is 1. The molecule has 2 aliphatic heterocycles. The fraction of sp³-hybridized carbons (Fsp3) is 0.583. The topological polar surface area (TPSA) is 176 Å². The normalized spacial score (nSPS) is 34.1. The molecule has 0 spiro atoms. The van der Waals surface area contributed by atoms with Crippen LogP contribution in [0.25, 0.3) is 11.2 Å². The number of fused-ring (bicyclic) bond motifs is 2. The summed E-state index contributed by atoms with van der Waals surface area (Å²) in [6.45, 7) is -2.57. The van der Waals surface area contributed by atoms with Gasteiger partial charge >= 0.3 is 6.72 Å². The Balaban J connectivity index is 1.76. The standard InChI is InChI=1S/C12H18N7O5PS/c13-1-2-15-12-18-6-9(14)16-4-17-10(6)19(12)11-7(20)8-5(23-11)3-22-25(21,26)24-8/h4-5,7-8,11,20H,1-3,13H2,(H,15,18)(H,21,26)(H2,14,16,17)/t5-,7-,8-,11-,25?/m1/s1. The fourth-order valence-electron chi connectivity index (χ4n) is 3.03. The van der Waals surface area contributed by atoms with Crippen LogP contribution < -0.4 is 16.8 Å². The third-order valence-electron chi connectivity index (χ3n) is 4.15.